The smallest absolute Gasteiger partial charge is 0.315 e. The first kappa shape index (κ1) is 13.6. The molecule has 17 heavy (non-hydrogen) atoms. The van der Waals surface area contributed by atoms with Gasteiger partial charge in [-0.25, -0.2) is 4.79 Å². The molecule has 0 spiro atoms. The number of benzene rings is 1. The summed E-state index contributed by atoms with van der Waals surface area (Å²) in [5, 5.41) is 5.69. The van der Waals surface area contributed by atoms with Gasteiger partial charge in [-0.3, -0.25) is 0 Å². The van der Waals surface area contributed by atoms with Gasteiger partial charge in [-0.1, -0.05) is 51.1 Å². The molecule has 3 heteroatoms. The summed E-state index contributed by atoms with van der Waals surface area (Å²) in [5.74, 6) is 0. The second-order valence-electron chi connectivity index (χ2n) is 5.41. The molecule has 0 radical (unpaired) electrons. The summed E-state index contributed by atoms with van der Waals surface area (Å²) in [4.78, 5) is 11.5. The van der Waals surface area contributed by atoms with Crippen molar-refractivity contribution in [1.82, 2.24) is 10.6 Å². The Morgan fingerprint density at radius 1 is 1.12 bits per heavy atom. The van der Waals surface area contributed by atoms with Gasteiger partial charge in [0.15, 0.2) is 0 Å². The predicted molar refractivity (Wildman–Crippen MR) is 70.8 cm³/mol. The zero-order valence-corrected chi connectivity index (χ0v) is 10.9. The Kier molecular flexibility index (Phi) is 5.01. The van der Waals surface area contributed by atoms with Gasteiger partial charge in [-0.2, -0.15) is 0 Å². The minimum atomic E-state index is -0.0990. The van der Waals surface area contributed by atoms with Gasteiger partial charge in [0.05, 0.1) is 0 Å². The lowest BCUT2D eigenvalue weighted by Gasteiger charge is -2.18. The number of rotatable bonds is 4. The van der Waals surface area contributed by atoms with Crippen LogP contribution in [0.25, 0.3) is 0 Å². The average Bonchev–Trinajstić information content (AvgIpc) is 2.26. The third-order valence-corrected chi connectivity index (χ3v) is 2.46. The minimum Gasteiger partial charge on any atom is -0.338 e. The lowest BCUT2D eigenvalue weighted by molar-refractivity contribution is 0.238. The summed E-state index contributed by atoms with van der Waals surface area (Å²) >= 11 is 0. The molecule has 1 rings (SSSR count). The molecule has 94 valence electrons. The van der Waals surface area contributed by atoms with E-state index in [9.17, 15) is 4.79 Å². The number of hydrogen-bond donors (Lipinski definition) is 2. The van der Waals surface area contributed by atoms with E-state index in [1.807, 2.05) is 30.3 Å². The summed E-state index contributed by atoms with van der Waals surface area (Å²) in [6.45, 7) is 7.77. The van der Waals surface area contributed by atoms with Crippen LogP contribution >= 0.6 is 0 Å². The molecule has 1 aromatic carbocycles. The Bertz CT molecular complexity index is 341. The Morgan fingerprint density at radius 3 is 2.35 bits per heavy atom. The van der Waals surface area contributed by atoms with Gasteiger partial charge in [0, 0.05) is 13.1 Å². The Morgan fingerprint density at radius 2 is 1.76 bits per heavy atom. The molecule has 0 aliphatic carbocycles. The molecule has 0 aromatic heterocycles. The number of amides is 2. The van der Waals surface area contributed by atoms with Crippen LogP contribution in [0.3, 0.4) is 0 Å². The summed E-state index contributed by atoms with van der Waals surface area (Å²) in [6.07, 6.45) is 0.978. The Balaban J connectivity index is 2.18. The maximum absolute atomic E-state index is 11.5. The first-order valence-electron chi connectivity index (χ1n) is 6.03. The van der Waals surface area contributed by atoms with Crippen LogP contribution in [0.2, 0.25) is 0 Å². The largest absolute Gasteiger partial charge is 0.338 e. The highest BCUT2D eigenvalue weighted by Crippen LogP contribution is 2.16. The van der Waals surface area contributed by atoms with E-state index in [0.29, 0.717) is 13.1 Å². The lowest BCUT2D eigenvalue weighted by atomic mass is 9.92. The molecule has 0 atom stereocenters. The molecule has 0 saturated carbocycles. The first-order chi connectivity index (χ1) is 7.97. The highest BCUT2D eigenvalue weighted by Gasteiger charge is 2.10. The van der Waals surface area contributed by atoms with Gasteiger partial charge in [0.1, 0.15) is 0 Å². The van der Waals surface area contributed by atoms with Gasteiger partial charge in [0.25, 0.3) is 0 Å². The summed E-state index contributed by atoms with van der Waals surface area (Å²) in [6, 6.07) is 9.79. The number of carbonyl (C=O) groups is 1. The molecular weight excluding hydrogens is 212 g/mol. The molecule has 0 aliphatic heterocycles. The Hall–Kier alpha value is -1.51. The topological polar surface area (TPSA) is 41.1 Å². The van der Waals surface area contributed by atoms with Crippen molar-refractivity contribution in [3.8, 4) is 0 Å². The van der Waals surface area contributed by atoms with Gasteiger partial charge in [-0.05, 0) is 17.4 Å². The maximum atomic E-state index is 11.5. The minimum absolute atomic E-state index is 0.0990. The lowest BCUT2D eigenvalue weighted by Crippen LogP contribution is -2.36. The van der Waals surface area contributed by atoms with Crippen molar-refractivity contribution in [2.45, 2.75) is 33.7 Å². The fourth-order valence-corrected chi connectivity index (χ4v) is 1.39. The average molecular weight is 234 g/mol. The van der Waals surface area contributed by atoms with E-state index in [1.165, 1.54) is 0 Å². The molecule has 0 heterocycles. The third-order valence-electron chi connectivity index (χ3n) is 2.46. The van der Waals surface area contributed by atoms with Crippen molar-refractivity contribution < 1.29 is 4.79 Å². The normalized spacial score (nSPS) is 11.0. The number of nitrogens with one attached hydrogen (secondary N) is 2. The van der Waals surface area contributed by atoms with Crippen molar-refractivity contribution in [2.24, 2.45) is 5.41 Å². The maximum Gasteiger partial charge on any atom is 0.315 e. The predicted octanol–water partition coefficient (Wildman–Crippen LogP) is 2.92. The van der Waals surface area contributed by atoms with E-state index in [4.69, 9.17) is 0 Å². The monoisotopic (exact) mass is 234 g/mol. The molecular formula is C14H22N2O. The van der Waals surface area contributed by atoms with Crippen molar-refractivity contribution >= 4 is 6.03 Å². The molecule has 0 unspecified atom stereocenters. The quantitative estimate of drug-likeness (QED) is 0.826. The van der Waals surface area contributed by atoms with Gasteiger partial charge in [0.2, 0.25) is 0 Å². The van der Waals surface area contributed by atoms with Crippen LogP contribution < -0.4 is 10.6 Å². The fraction of sp³-hybridized carbons (Fsp3) is 0.500. The first-order valence-corrected chi connectivity index (χ1v) is 6.03. The van der Waals surface area contributed by atoms with Crippen molar-refractivity contribution in [2.75, 3.05) is 6.54 Å². The van der Waals surface area contributed by atoms with E-state index >= 15 is 0 Å². The summed E-state index contributed by atoms with van der Waals surface area (Å²) < 4.78 is 0. The number of hydrogen-bond acceptors (Lipinski definition) is 1. The van der Waals surface area contributed by atoms with Crippen LogP contribution in [0, 0.1) is 5.41 Å². The van der Waals surface area contributed by atoms with Crippen molar-refractivity contribution in [3.05, 3.63) is 35.9 Å². The summed E-state index contributed by atoms with van der Waals surface area (Å²) in [5.41, 5.74) is 1.37. The van der Waals surface area contributed by atoms with Crippen LogP contribution in [0.1, 0.15) is 32.8 Å². The number of carbonyl (C=O) groups excluding carboxylic acids is 1. The van der Waals surface area contributed by atoms with Crippen molar-refractivity contribution in [3.63, 3.8) is 0 Å². The van der Waals surface area contributed by atoms with Crippen molar-refractivity contribution in [1.29, 1.82) is 0 Å². The van der Waals surface area contributed by atoms with Gasteiger partial charge < -0.3 is 10.6 Å². The van der Waals surface area contributed by atoms with E-state index in [1.54, 1.807) is 0 Å². The zero-order valence-electron chi connectivity index (χ0n) is 10.9. The van der Waals surface area contributed by atoms with Crippen LogP contribution in [0.15, 0.2) is 30.3 Å². The van der Waals surface area contributed by atoms with Crippen LogP contribution in [-0.4, -0.2) is 12.6 Å². The molecule has 2 N–H and O–H groups in total. The van der Waals surface area contributed by atoms with E-state index in [0.717, 1.165) is 12.0 Å². The SMILES string of the molecule is CC(C)(C)CCNC(=O)NCc1ccccc1. The molecule has 0 fully saturated rings. The molecule has 1 aromatic rings. The van der Waals surface area contributed by atoms with Crippen LogP contribution in [-0.2, 0) is 6.54 Å². The molecule has 0 saturated heterocycles. The molecule has 3 nitrogen and oxygen atoms in total. The fourth-order valence-electron chi connectivity index (χ4n) is 1.39. The van der Waals surface area contributed by atoms with E-state index in [-0.39, 0.29) is 11.4 Å². The Labute approximate surface area is 104 Å². The second kappa shape index (κ2) is 6.28. The number of urea groups is 1. The highest BCUT2D eigenvalue weighted by molar-refractivity contribution is 5.73. The summed E-state index contributed by atoms with van der Waals surface area (Å²) in [7, 11) is 0. The second-order valence-corrected chi connectivity index (χ2v) is 5.41. The van der Waals surface area contributed by atoms with Crippen LogP contribution in [0.4, 0.5) is 4.79 Å². The van der Waals surface area contributed by atoms with E-state index < -0.39 is 0 Å². The van der Waals surface area contributed by atoms with Gasteiger partial charge in [-0.15, -0.1) is 0 Å². The zero-order chi connectivity index (χ0) is 12.7. The molecule has 2 amide bonds. The standard InChI is InChI=1S/C14H22N2O/c1-14(2,3)9-10-15-13(17)16-11-12-7-5-4-6-8-12/h4-8H,9-11H2,1-3H3,(H2,15,16,17). The third kappa shape index (κ3) is 6.61. The van der Waals surface area contributed by atoms with Gasteiger partial charge >= 0.3 is 6.03 Å². The molecule has 0 aliphatic rings. The van der Waals surface area contributed by atoms with Crippen LogP contribution in [0.5, 0.6) is 0 Å². The highest BCUT2D eigenvalue weighted by atomic mass is 16.2. The van der Waals surface area contributed by atoms with E-state index in [2.05, 4.69) is 31.4 Å². The molecule has 0 bridgehead atoms.